The lowest BCUT2D eigenvalue weighted by atomic mass is 9.88. The van der Waals surface area contributed by atoms with Gasteiger partial charge in [0.05, 0.1) is 35.8 Å². The van der Waals surface area contributed by atoms with E-state index in [0.29, 0.717) is 77.1 Å². The molecule has 9 rings (SSSR count). The van der Waals surface area contributed by atoms with Gasteiger partial charge in [-0.25, -0.2) is 4.79 Å². The number of benzene rings is 4. The molecule has 350 valence electrons. The van der Waals surface area contributed by atoms with Crippen LogP contribution in [-0.2, 0) is 17.6 Å². The van der Waals surface area contributed by atoms with Crippen LogP contribution in [0.2, 0.25) is 0 Å². The maximum atomic E-state index is 18.9. The lowest BCUT2D eigenvalue weighted by Crippen LogP contribution is -2.50. The standard InChI is InChI=1S/C56H52BF2N3O5S2/c1-5-7-9-11-17-35-27-40(29-39(33-60)56(64)65)68-54(35)37-23-25-42-46(30-37)52(44-19-13-15-21-50(44)66-3)61-48(42)32-49-43-26-24-38(55-36(18-12-10-8-6-2)28-41(34-63)69-55)31-47(43)53(62(49)57(61,58)59)45-20-14-16-22-51(45)67-4/h13-16,19-32,34H,5-12,17-18H2,1-4H3,(H,64,65)/b39-29-. The minimum Gasteiger partial charge on any atom is -0.496 e. The van der Waals surface area contributed by atoms with E-state index in [0.717, 1.165) is 103 Å². The van der Waals surface area contributed by atoms with Crippen LogP contribution in [0.15, 0.2) is 103 Å². The number of unbranched alkanes of at least 4 members (excludes halogenated alkanes) is 6. The van der Waals surface area contributed by atoms with E-state index in [4.69, 9.17) is 9.47 Å². The molecular formula is C56H52BF2N3O5S2. The Balaban J connectivity index is 1.29. The summed E-state index contributed by atoms with van der Waals surface area (Å²) in [5.41, 5.74) is 6.99. The normalized spacial score (nSPS) is 13.8. The van der Waals surface area contributed by atoms with Crippen molar-refractivity contribution in [1.82, 2.24) is 4.48 Å². The Hall–Kier alpha value is -6.88. The fourth-order valence-corrected chi connectivity index (χ4v) is 12.2. The van der Waals surface area contributed by atoms with Gasteiger partial charge >= 0.3 is 12.9 Å². The number of ether oxygens (including phenoxy) is 2. The summed E-state index contributed by atoms with van der Waals surface area (Å²) in [5, 5.41) is 20.6. The molecule has 0 spiro atoms. The van der Waals surface area contributed by atoms with Crippen LogP contribution in [0.3, 0.4) is 0 Å². The van der Waals surface area contributed by atoms with Crippen LogP contribution in [0.4, 0.5) is 8.63 Å². The smallest absolute Gasteiger partial charge is 0.496 e. The number of nitriles is 1. The number of carboxylic acid groups (broad SMARTS) is 1. The van der Waals surface area contributed by atoms with Gasteiger partial charge in [-0.2, -0.15) is 5.26 Å². The van der Waals surface area contributed by atoms with E-state index in [1.807, 2.05) is 91.0 Å². The second kappa shape index (κ2) is 20.0. The summed E-state index contributed by atoms with van der Waals surface area (Å²) in [6.45, 7) is -0.350. The molecule has 4 aromatic carbocycles. The Morgan fingerprint density at radius 2 is 1.33 bits per heavy atom. The number of methoxy groups -OCH3 is 2. The van der Waals surface area contributed by atoms with Gasteiger partial charge in [0.25, 0.3) is 0 Å². The number of fused-ring (bicyclic) bond motifs is 6. The predicted molar refractivity (Wildman–Crippen MR) is 277 cm³/mol. The quantitative estimate of drug-likeness (QED) is 0.0285. The molecule has 2 aliphatic heterocycles. The van der Waals surface area contributed by atoms with E-state index in [2.05, 4.69) is 13.8 Å². The Bertz CT molecular complexity index is 3300. The Morgan fingerprint density at radius 1 is 0.739 bits per heavy atom. The predicted octanol–water partition coefficient (Wildman–Crippen LogP) is 14.4. The number of thiophene rings is 2. The first kappa shape index (κ1) is 47.2. The number of nitrogens with zero attached hydrogens (tertiary/aromatic N) is 3. The number of aryl methyl sites for hydroxylation is 2. The lowest BCUT2D eigenvalue weighted by Gasteiger charge is -2.31. The van der Waals surface area contributed by atoms with Crippen molar-refractivity contribution in [2.45, 2.75) is 78.1 Å². The number of carboxylic acids is 1. The molecule has 1 N–H and O–H groups in total. The molecule has 0 unspecified atom stereocenters. The molecule has 8 nitrogen and oxygen atoms in total. The Labute approximate surface area is 409 Å². The van der Waals surface area contributed by atoms with Crippen molar-refractivity contribution in [1.29, 1.82) is 5.26 Å². The molecule has 7 aromatic rings. The van der Waals surface area contributed by atoms with Crippen LogP contribution in [0, 0.1) is 11.3 Å². The van der Waals surface area contributed by atoms with E-state index in [9.17, 15) is 20.0 Å². The summed E-state index contributed by atoms with van der Waals surface area (Å²) < 4.78 is 51.9. The molecule has 0 aliphatic carbocycles. The second-order valence-corrected chi connectivity index (χ2v) is 19.7. The summed E-state index contributed by atoms with van der Waals surface area (Å²) in [6.07, 6.45) is 14.1. The number of hydrogen-bond donors (Lipinski definition) is 1. The number of carbonyl (C=O) groups excluding carboxylic acids is 1. The second-order valence-electron chi connectivity index (χ2n) is 17.6. The number of rotatable bonds is 19. The van der Waals surface area contributed by atoms with E-state index in [1.165, 1.54) is 44.8 Å². The van der Waals surface area contributed by atoms with Gasteiger partial charge in [-0.3, -0.25) is 4.79 Å². The first-order chi connectivity index (χ1) is 33.6. The molecule has 13 heteroatoms. The van der Waals surface area contributed by atoms with Gasteiger partial charge in [-0.15, -0.1) is 22.7 Å². The van der Waals surface area contributed by atoms with Crippen LogP contribution in [-0.4, -0.2) is 53.2 Å². The van der Waals surface area contributed by atoms with Gasteiger partial charge < -0.3 is 32.2 Å². The lowest BCUT2D eigenvalue weighted by molar-refractivity contribution is -0.316. The van der Waals surface area contributed by atoms with E-state index in [1.54, 1.807) is 25.3 Å². The highest BCUT2D eigenvalue weighted by atomic mass is 32.1. The zero-order chi connectivity index (χ0) is 48.4. The molecule has 0 bridgehead atoms. The van der Waals surface area contributed by atoms with Gasteiger partial charge in [0.2, 0.25) is 0 Å². The van der Waals surface area contributed by atoms with Crippen molar-refractivity contribution in [3.05, 3.63) is 146 Å². The largest absolute Gasteiger partial charge is 0.737 e. The molecule has 0 fully saturated rings. The summed E-state index contributed by atoms with van der Waals surface area (Å²) in [7, 11) is 3.09. The SMILES string of the molecule is CCCCCCc1cc(C=O)sc1-c1ccc2c(c1)C(c1ccccc1OC)=[N+]1C2=Cc2c3ccc(-c4sc(/C=C(/C#N)C(=O)O)cc4CCCCCC)cc3c(-c3ccccc3OC)n2[B-]1(F)F. The third kappa shape index (κ3) is 8.66. The molecule has 0 saturated heterocycles. The number of halogens is 2. The molecule has 0 atom stereocenters. The van der Waals surface area contributed by atoms with Crippen LogP contribution in [0.1, 0.15) is 113 Å². The Morgan fingerprint density at radius 3 is 1.96 bits per heavy atom. The van der Waals surface area contributed by atoms with Crippen molar-refractivity contribution in [3.8, 4) is 49.7 Å². The third-order valence-electron chi connectivity index (χ3n) is 13.3. The minimum absolute atomic E-state index is 0.294. The van der Waals surface area contributed by atoms with Crippen molar-refractivity contribution in [2.24, 2.45) is 0 Å². The first-order valence-electron chi connectivity index (χ1n) is 23.6. The summed E-state index contributed by atoms with van der Waals surface area (Å²) in [4.78, 5) is 27.2. The number of hydrogen-bond acceptors (Lipinski definition) is 7. The molecule has 0 amide bonds. The van der Waals surface area contributed by atoms with Gasteiger partial charge in [-0.05, 0) is 109 Å². The summed E-state index contributed by atoms with van der Waals surface area (Å²) in [5.74, 6) is -0.417. The van der Waals surface area contributed by atoms with Crippen LogP contribution in [0.25, 0.3) is 60.8 Å². The molecular weight excluding hydrogens is 908 g/mol. The number of aldehydes is 1. The number of para-hydroxylation sites is 2. The van der Waals surface area contributed by atoms with Gasteiger partial charge in [0.1, 0.15) is 23.1 Å². The topological polar surface area (TPSA) is 105 Å². The van der Waals surface area contributed by atoms with Crippen molar-refractivity contribution in [3.63, 3.8) is 0 Å². The molecule has 2 aliphatic rings. The fraction of sp³-hybridized carbons (Fsp3) is 0.250. The number of carbonyl (C=O) groups is 2. The molecule has 69 heavy (non-hydrogen) atoms. The third-order valence-corrected chi connectivity index (χ3v) is 15.6. The van der Waals surface area contributed by atoms with Gasteiger partial charge in [0.15, 0.2) is 17.7 Å². The van der Waals surface area contributed by atoms with Crippen molar-refractivity contribution < 1.29 is 37.3 Å². The molecule has 3 aromatic heterocycles. The average molecular weight is 960 g/mol. The summed E-state index contributed by atoms with van der Waals surface area (Å²) >= 11 is 2.82. The van der Waals surface area contributed by atoms with E-state index < -0.39 is 12.9 Å². The van der Waals surface area contributed by atoms with Gasteiger partial charge in [0, 0.05) is 48.4 Å². The Kier molecular flexibility index (Phi) is 13.7. The highest BCUT2D eigenvalue weighted by molar-refractivity contribution is 7.17. The fourth-order valence-electron chi connectivity index (χ4n) is 10.0. The highest BCUT2D eigenvalue weighted by Gasteiger charge is 2.56. The maximum Gasteiger partial charge on any atom is 0.737 e. The van der Waals surface area contributed by atoms with Crippen molar-refractivity contribution in [2.75, 3.05) is 14.2 Å². The summed E-state index contributed by atoms with van der Waals surface area (Å²) in [6, 6.07) is 32.0. The van der Waals surface area contributed by atoms with Crippen LogP contribution >= 0.6 is 22.7 Å². The van der Waals surface area contributed by atoms with E-state index >= 15 is 8.63 Å². The zero-order valence-electron chi connectivity index (χ0n) is 39.1. The molecule has 0 radical (unpaired) electrons. The van der Waals surface area contributed by atoms with E-state index in [-0.39, 0.29) is 5.57 Å². The number of aromatic nitrogens is 1. The van der Waals surface area contributed by atoms with Crippen LogP contribution < -0.4 is 9.47 Å². The first-order valence-corrected chi connectivity index (χ1v) is 25.3. The monoisotopic (exact) mass is 959 g/mol. The zero-order valence-corrected chi connectivity index (χ0v) is 40.7. The van der Waals surface area contributed by atoms with Gasteiger partial charge in [-0.1, -0.05) is 94.8 Å². The highest BCUT2D eigenvalue weighted by Crippen LogP contribution is 2.50. The minimum atomic E-state index is -4.68. The average Bonchev–Trinajstić information content (AvgIpc) is 4.14. The van der Waals surface area contributed by atoms with Crippen molar-refractivity contribution >= 4 is 76.2 Å². The molecule has 0 saturated carbocycles. The molecule has 5 heterocycles. The number of aliphatic carboxylic acids is 1. The maximum absolute atomic E-state index is 18.9. The van der Waals surface area contributed by atoms with Crippen LogP contribution in [0.5, 0.6) is 11.5 Å².